The summed E-state index contributed by atoms with van der Waals surface area (Å²) in [6, 6.07) is 8.56. The highest BCUT2D eigenvalue weighted by molar-refractivity contribution is 9.08. The second-order valence-electron chi connectivity index (χ2n) is 1.98. The molecule has 0 bridgehead atoms. The summed E-state index contributed by atoms with van der Waals surface area (Å²) >= 11 is 5.17. The van der Waals surface area contributed by atoms with Gasteiger partial charge in [-0.25, -0.2) is 0 Å². The van der Waals surface area contributed by atoms with Crippen molar-refractivity contribution in [3.63, 3.8) is 0 Å². The highest BCUT2D eigenvalue weighted by Gasteiger charge is 1.89. The third kappa shape index (κ3) is 3.83. The zero-order valence-corrected chi connectivity index (χ0v) is 8.21. The largest absolute Gasteiger partial charge is 0.316 e. The van der Waals surface area contributed by atoms with Gasteiger partial charge in [0.15, 0.2) is 0 Å². The number of benzene rings is 1. The zero-order valence-electron chi connectivity index (χ0n) is 5.80. The molecule has 0 unspecified atom stereocenters. The van der Waals surface area contributed by atoms with Gasteiger partial charge in [-0.2, -0.15) is 0 Å². The number of hydrogen-bond acceptors (Lipinski definition) is 1. The van der Waals surface area contributed by atoms with Crippen molar-refractivity contribution in [1.29, 1.82) is 0 Å². The summed E-state index contributed by atoms with van der Waals surface area (Å²) in [6.07, 6.45) is 2.09. The van der Waals surface area contributed by atoms with Crippen LogP contribution in [0.25, 0.3) is 0 Å². The lowest BCUT2D eigenvalue weighted by molar-refractivity contribution is 1.36. The van der Waals surface area contributed by atoms with Crippen molar-refractivity contribution in [3.8, 4) is 0 Å². The highest BCUT2D eigenvalue weighted by atomic mass is 79.9. The first-order valence-electron chi connectivity index (χ1n) is 3.05. The van der Waals surface area contributed by atoms with Crippen molar-refractivity contribution in [3.05, 3.63) is 29.8 Å². The minimum absolute atomic E-state index is 0. The predicted molar refractivity (Wildman–Crippen MR) is 59.4 cm³/mol. The fraction of sp³-hybridized carbons (Fsp3) is 0.250. The Kier molecular flexibility index (Phi) is 6.82. The lowest BCUT2D eigenvalue weighted by Gasteiger charge is -1.96. The molecule has 0 saturated heterocycles. The summed E-state index contributed by atoms with van der Waals surface area (Å²) in [5.74, 6) is 0. The summed E-state index contributed by atoms with van der Waals surface area (Å²) in [5.41, 5.74) is 1.33. The average molecular weight is 243 g/mol. The van der Waals surface area contributed by atoms with E-state index in [-0.39, 0.29) is 23.1 Å². The molecule has 11 heavy (non-hydrogen) atoms. The molecule has 0 spiro atoms. The molecule has 1 aromatic carbocycles. The van der Waals surface area contributed by atoms with Gasteiger partial charge in [0.1, 0.15) is 0 Å². The molecule has 1 aromatic rings. The summed E-state index contributed by atoms with van der Waals surface area (Å²) in [6.45, 7) is 0. The molecule has 0 N–H and O–H groups in total. The van der Waals surface area contributed by atoms with E-state index in [1.54, 1.807) is 11.8 Å². The predicted octanol–water partition coefficient (Wildman–Crippen LogP) is 2.39. The smallest absolute Gasteiger partial charge is 0.130 e. The van der Waals surface area contributed by atoms with Crippen LogP contribution in [0.5, 0.6) is 0 Å². The van der Waals surface area contributed by atoms with E-state index in [0.717, 1.165) is 5.33 Å². The van der Waals surface area contributed by atoms with Gasteiger partial charge >= 0.3 is 23.1 Å². The molecule has 0 nitrogen and oxygen atoms in total. The van der Waals surface area contributed by atoms with E-state index in [0.29, 0.717) is 0 Å². The lowest BCUT2D eigenvalue weighted by atomic mass is 10.2. The Balaban J connectivity index is 0.000001000. The van der Waals surface area contributed by atoms with Crippen LogP contribution in [0.15, 0.2) is 29.2 Å². The van der Waals surface area contributed by atoms with E-state index in [4.69, 9.17) is 0 Å². The van der Waals surface area contributed by atoms with Crippen molar-refractivity contribution in [2.75, 3.05) is 6.26 Å². The fourth-order valence-corrected chi connectivity index (χ4v) is 1.50. The first kappa shape index (κ1) is 11.8. The van der Waals surface area contributed by atoms with E-state index in [9.17, 15) is 0 Å². The van der Waals surface area contributed by atoms with Crippen molar-refractivity contribution in [1.82, 2.24) is 0 Å². The van der Waals surface area contributed by atoms with Crippen LogP contribution in [0.3, 0.4) is 0 Å². The molecule has 0 aromatic heterocycles. The zero-order chi connectivity index (χ0) is 7.40. The van der Waals surface area contributed by atoms with Crippen LogP contribution in [0.1, 0.15) is 5.56 Å². The molecule has 0 atom stereocenters. The van der Waals surface area contributed by atoms with Crippen molar-refractivity contribution < 1.29 is 0 Å². The van der Waals surface area contributed by atoms with E-state index in [1.807, 2.05) is 0 Å². The summed E-state index contributed by atoms with van der Waals surface area (Å²) in [7, 11) is 0. The summed E-state index contributed by atoms with van der Waals surface area (Å²) < 4.78 is 0. The Morgan fingerprint density at radius 3 is 2.18 bits per heavy atom. The maximum Gasteiger partial charge on any atom is 0.316 e. The fourth-order valence-electron chi connectivity index (χ4n) is 0.715. The molecule has 0 aliphatic rings. The van der Waals surface area contributed by atoms with Gasteiger partial charge in [-0.3, -0.25) is 0 Å². The van der Waals surface area contributed by atoms with Crippen LogP contribution in [-0.4, -0.2) is 29.3 Å². The Morgan fingerprint density at radius 1 is 1.27 bits per heavy atom. The lowest BCUT2D eigenvalue weighted by Crippen LogP contribution is -1.75. The van der Waals surface area contributed by atoms with Crippen LogP contribution in [0.2, 0.25) is 0 Å². The van der Waals surface area contributed by atoms with Gasteiger partial charge in [0.05, 0.1) is 0 Å². The van der Waals surface area contributed by atoms with Crippen LogP contribution >= 0.6 is 27.7 Å². The summed E-state index contributed by atoms with van der Waals surface area (Å²) in [5, 5.41) is 0.946. The first-order chi connectivity index (χ1) is 4.86. The Bertz CT molecular complexity index is 175. The molecular weight excluding hydrogens is 232 g/mol. The highest BCUT2D eigenvalue weighted by Crippen LogP contribution is 2.15. The van der Waals surface area contributed by atoms with E-state index in [2.05, 4.69) is 46.5 Å². The Hall–Kier alpha value is 0.816. The standard InChI is InChI=1S/C8H9BrS.Mg.2H/c1-10-8-4-2-7(6-9)3-5-8;;;/h2-5H,6H2,1H3;;;. The van der Waals surface area contributed by atoms with E-state index < -0.39 is 0 Å². The van der Waals surface area contributed by atoms with E-state index in [1.165, 1.54) is 10.5 Å². The van der Waals surface area contributed by atoms with Gasteiger partial charge in [0.2, 0.25) is 0 Å². The maximum absolute atomic E-state index is 3.40. The third-order valence-electron chi connectivity index (χ3n) is 1.31. The van der Waals surface area contributed by atoms with Crippen LogP contribution < -0.4 is 0 Å². The average Bonchev–Trinajstić information content (AvgIpc) is 2.05. The third-order valence-corrected chi connectivity index (χ3v) is 2.70. The normalized spacial score (nSPS) is 8.91. The van der Waals surface area contributed by atoms with Gasteiger partial charge < -0.3 is 0 Å². The second kappa shape index (κ2) is 6.35. The molecule has 0 aliphatic carbocycles. The minimum atomic E-state index is 0. The Morgan fingerprint density at radius 2 is 1.82 bits per heavy atom. The van der Waals surface area contributed by atoms with Gasteiger partial charge in [-0.1, -0.05) is 28.1 Å². The van der Waals surface area contributed by atoms with Gasteiger partial charge in [0, 0.05) is 10.2 Å². The minimum Gasteiger partial charge on any atom is -0.130 e. The van der Waals surface area contributed by atoms with E-state index >= 15 is 0 Å². The molecule has 0 amide bonds. The van der Waals surface area contributed by atoms with Crippen molar-refractivity contribution >= 4 is 50.7 Å². The monoisotopic (exact) mass is 242 g/mol. The van der Waals surface area contributed by atoms with Crippen LogP contribution in [0.4, 0.5) is 0 Å². The molecule has 0 saturated carbocycles. The molecule has 0 aliphatic heterocycles. The van der Waals surface area contributed by atoms with Gasteiger partial charge in [0.25, 0.3) is 0 Å². The molecule has 0 radical (unpaired) electrons. The number of alkyl halides is 1. The molecule has 0 heterocycles. The SMILES string of the molecule is CSc1ccc(CBr)cc1.[MgH2]. The van der Waals surface area contributed by atoms with Crippen LogP contribution in [-0.2, 0) is 5.33 Å². The number of thioether (sulfide) groups is 1. The summed E-state index contributed by atoms with van der Waals surface area (Å²) in [4.78, 5) is 1.32. The quantitative estimate of drug-likeness (QED) is 0.437. The molecular formula is C8H11BrMgS. The molecule has 58 valence electrons. The molecule has 3 heteroatoms. The number of halogens is 1. The van der Waals surface area contributed by atoms with Crippen LogP contribution in [0, 0.1) is 0 Å². The van der Waals surface area contributed by atoms with Crippen molar-refractivity contribution in [2.24, 2.45) is 0 Å². The topological polar surface area (TPSA) is 0 Å². The number of rotatable bonds is 2. The van der Waals surface area contributed by atoms with Crippen molar-refractivity contribution in [2.45, 2.75) is 10.2 Å². The number of hydrogen-bond donors (Lipinski definition) is 0. The molecule has 0 fully saturated rings. The van der Waals surface area contributed by atoms with Gasteiger partial charge in [-0.15, -0.1) is 11.8 Å². The second-order valence-corrected chi connectivity index (χ2v) is 3.42. The first-order valence-corrected chi connectivity index (χ1v) is 5.40. The maximum atomic E-state index is 3.40. The molecule has 1 rings (SSSR count). The van der Waals surface area contributed by atoms with Gasteiger partial charge in [-0.05, 0) is 24.0 Å². The Labute approximate surface area is 96.4 Å².